The Hall–Kier alpha value is -6.47. The number of pyridine rings is 2. The van der Waals surface area contributed by atoms with E-state index in [2.05, 4.69) is 115 Å². The molecule has 58 heavy (non-hydrogen) atoms. The highest BCUT2D eigenvalue weighted by Crippen LogP contribution is 2.39. The Bertz CT molecular complexity index is 2500. The first-order valence-electron chi connectivity index (χ1n) is 20.5. The zero-order chi connectivity index (χ0) is 39.8. The molecule has 0 bridgehead atoms. The van der Waals surface area contributed by atoms with Gasteiger partial charge in [0, 0.05) is 52.3 Å². The first-order chi connectivity index (χ1) is 28.4. The molecule has 0 saturated heterocycles. The van der Waals surface area contributed by atoms with Crippen LogP contribution in [0.2, 0.25) is 0 Å². The number of hydrogen-bond acceptors (Lipinski definition) is 7. The maximum Gasteiger partial charge on any atom is 0.163 e. The molecule has 0 amide bonds. The Morgan fingerprint density at radius 3 is 1.91 bits per heavy atom. The van der Waals surface area contributed by atoms with Gasteiger partial charge in [-0.25, -0.2) is 24.9 Å². The molecule has 2 aliphatic carbocycles. The quantitative estimate of drug-likeness (QED) is 0.0959. The molecule has 6 aromatic rings. The Kier molecular flexibility index (Phi) is 11.8. The monoisotopic (exact) mass is 759 g/mol. The molecule has 7 heteroatoms. The molecule has 8 rings (SSSR count). The number of aromatic nitrogens is 7. The van der Waals surface area contributed by atoms with Crippen LogP contribution in [0.15, 0.2) is 146 Å². The van der Waals surface area contributed by atoms with E-state index < -0.39 is 0 Å². The molecular formula is C51H49N7. The van der Waals surface area contributed by atoms with E-state index in [1.807, 2.05) is 68.7 Å². The highest BCUT2D eigenvalue weighted by Gasteiger charge is 2.30. The van der Waals surface area contributed by atoms with Crippen LogP contribution >= 0.6 is 0 Å². The van der Waals surface area contributed by atoms with Crippen molar-refractivity contribution in [2.24, 2.45) is 5.92 Å². The van der Waals surface area contributed by atoms with Crippen molar-refractivity contribution >= 4 is 16.7 Å². The van der Waals surface area contributed by atoms with Crippen LogP contribution < -0.4 is 0 Å². The second kappa shape index (κ2) is 17.8. The molecule has 4 aromatic heterocycles. The van der Waals surface area contributed by atoms with Gasteiger partial charge < -0.3 is 0 Å². The van der Waals surface area contributed by atoms with Gasteiger partial charge in [0.2, 0.25) is 0 Å². The summed E-state index contributed by atoms with van der Waals surface area (Å²) in [6.07, 6.45) is 23.6. The second-order valence-electron chi connectivity index (χ2n) is 15.3. The Balaban J connectivity index is 1.09. The smallest absolute Gasteiger partial charge is 0.163 e. The molecule has 2 aromatic carbocycles. The molecule has 2 aliphatic rings. The summed E-state index contributed by atoms with van der Waals surface area (Å²) in [6.45, 7) is 8.53. The van der Waals surface area contributed by atoms with Crippen molar-refractivity contribution < 1.29 is 0 Å². The van der Waals surface area contributed by atoms with E-state index in [1.54, 1.807) is 0 Å². The summed E-state index contributed by atoms with van der Waals surface area (Å²) in [5, 5.41) is 0. The van der Waals surface area contributed by atoms with Gasteiger partial charge in [-0.2, -0.15) is 0 Å². The lowest BCUT2D eigenvalue weighted by molar-refractivity contribution is 0.418. The second-order valence-corrected chi connectivity index (χ2v) is 15.3. The largest absolute Gasteiger partial charge is 0.256 e. The van der Waals surface area contributed by atoms with Crippen LogP contribution in [0, 0.1) is 19.8 Å². The summed E-state index contributed by atoms with van der Waals surface area (Å²) in [4.78, 5) is 34.3. The minimum absolute atomic E-state index is 0.0417. The fourth-order valence-corrected chi connectivity index (χ4v) is 7.91. The summed E-state index contributed by atoms with van der Waals surface area (Å²) >= 11 is 0. The summed E-state index contributed by atoms with van der Waals surface area (Å²) in [7, 11) is 0. The predicted molar refractivity (Wildman–Crippen MR) is 235 cm³/mol. The Morgan fingerprint density at radius 1 is 0.672 bits per heavy atom. The number of benzene rings is 2. The van der Waals surface area contributed by atoms with Crippen LogP contribution in [0.4, 0.5) is 0 Å². The SMILES string of the molecule is CC/C=C(\C=C/Cc1ccc(-c2ccccn2)cc1)c1nc(C2=CC=C(c3ccc(-c4ccccn4)cc3)CC2)nc(C2C=CC(c3nc(C)cc(C)n3)CC2C)n1. The molecule has 0 saturated carbocycles. The predicted octanol–water partition coefficient (Wildman–Crippen LogP) is 11.7. The van der Waals surface area contributed by atoms with E-state index in [0.29, 0.717) is 5.82 Å². The van der Waals surface area contributed by atoms with Gasteiger partial charge in [0.05, 0.1) is 11.4 Å². The van der Waals surface area contributed by atoms with E-state index in [-0.39, 0.29) is 17.8 Å². The third kappa shape index (κ3) is 9.05. The van der Waals surface area contributed by atoms with Gasteiger partial charge >= 0.3 is 0 Å². The summed E-state index contributed by atoms with van der Waals surface area (Å²) < 4.78 is 0. The van der Waals surface area contributed by atoms with E-state index >= 15 is 0 Å². The van der Waals surface area contributed by atoms with E-state index in [9.17, 15) is 0 Å². The van der Waals surface area contributed by atoms with Crippen LogP contribution in [0.3, 0.4) is 0 Å². The Labute approximate surface area is 342 Å². The first kappa shape index (κ1) is 38.4. The van der Waals surface area contributed by atoms with E-state index in [4.69, 9.17) is 24.9 Å². The third-order valence-corrected chi connectivity index (χ3v) is 11.0. The summed E-state index contributed by atoms with van der Waals surface area (Å²) in [6, 6.07) is 31.4. The molecule has 3 atom stereocenters. The first-order valence-corrected chi connectivity index (χ1v) is 20.5. The normalized spacial score (nSPS) is 18.3. The average molecular weight is 760 g/mol. The van der Waals surface area contributed by atoms with Crippen LogP contribution in [0.25, 0.3) is 39.2 Å². The van der Waals surface area contributed by atoms with E-state index in [0.717, 1.165) is 94.6 Å². The van der Waals surface area contributed by atoms with Gasteiger partial charge in [-0.1, -0.05) is 117 Å². The van der Waals surface area contributed by atoms with Crippen molar-refractivity contribution in [3.63, 3.8) is 0 Å². The van der Waals surface area contributed by atoms with Crippen molar-refractivity contribution in [3.8, 4) is 22.5 Å². The summed E-state index contributed by atoms with van der Waals surface area (Å²) in [5.41, 5.74) is 12.1. The van der Waals surface area contributed by atoms with Crippen LogP contribution in [-0.2, 0) is 6.42 Å². The number of aryl methyl sites for hydroxylation is 2. The number of allylic oxidation sites excluding steroid dienone is 10. The van der Waals surface area contributed by atoms with Gasteiger partial charge in [-0.05, 0) is 104 Å². The van der Waals surface area contributed by atoms with Crippen LogP contribution in [0.1, 0.15) is 97.2 Å². The lowest BCUT2D eigenvalue weighted by atomic mass is 9.79. The van der Waals surface area contributed by atoms with Gasteiger partial charge in [-0.3, -0.25) is 9.97 Å². The molecule has 0 aliphatic heterocycles. The number of nitrogens with zero attached hydrogens (tertiary/aromatic N) is 7. The molecule has 7 nitrogen and oxygen atoms in total. The van der Waals surface area contributed by atoms with Crippen molar-refractivity contribution in [3.05, 3.63) is 192 Å². The van der Waals surface area contributed by atoms with Gasteiger partial charge in [0.1, 0.15) is 11.6 Å². The molecule has 0 spiro atoms. The van der Waals surface area contributed by atoms with Crippen LogP contribution in [0.5, 0.6) is 0 Å². The van der Waals surface area contributed by atoms with Gasteiger partial charge in [0.25, 0.3) is 0 Å². The topological polar surface area (TPSA) is 90.2 Å². The highest BCUT2D eigenvalue weighted by molar-refractivity contribution is 5.78. The van der Waals surface area contributed by atoms with Crippen molar-refractivity contribution in [2.75, 3.05) is 0 Å². The molecule has 0 fully saturated rings. The third-order valence-electron chi connectivity index (χ3n) is 11.0. The molecular weight excluding hydrogens is 711 g/mol. The highest BCUT2D eigenvalue weighted by atomic mass is 15.0. The maximum atomic E-state index is 5.24. The zero-order valence-electron chi connectivity index (χ0n) is 33.8. The minimum atomic E-state index is 0.0417. The number of rotatable bonds is 11. The van der Waals surface area contributed by atoms with Crippen molar-refractivity contribution in [1.82, 2.24) is 34.9 Å². The fraction of sp³-hybridized carbons (Fsp3) is 0.235. The Morgan fingerprint density at radius 2 is 1.31 bits per heavy atom. The number of hydrogen-bond donors (Lipinski definition) is 0. The zero-order valence-corrected chi connectivity index (χ0v) is 33.8. The molecule has 0 N–H and O–H groups in total. The van der Waals surface area contributed by atoms with Crippen molar-refractivity contribution in [1.29, 1.82) is 0 Å². The average Bonchev–Trinajstić information content (AvgIpc) is 3.26. The van der Waals surface area contributed by atoms with E-state index in [1.165, 1.54) is 16.7 Å². The minimum Gasteiger partial charge on any atom is -0.256 e. The van der Waals surface area contributed by atoms with Gasteiger partial charge in [0.15, 0.2) is 11.6 Å². The van der Waals surface area contributed by atoms with Crippen molar-refractivity contribution in [2.45, 2.75) is 71.6 Å². The molecule has 4 heterocycles. The molecule has 3 unspecified atom stereocenters. The fourth-order valence-electron chi connectivity index (χ4n) is 7.91. The summed E-state index contributed by atoms with van der Waals surface area (Å²) in [5.74, 6) is 3.65. The standard InChI is InChI=1S/C51H49N7/c1-5-11-42(13-10-12-37-16-18-40(19-17-37)46-14-6-8-30-52-46)48-56-49(43-26-22-39(23-27-43)38-20-24-41(25-21-38)47-15-7-9-31-53-47)58-51(57-48)45-29-28-44(32-34(45)2)50-54-35(3)33-36(4)55-50/h6-11,13-22,24-26,28-31,33-34,44-45H,5,12,23,27,32H2,1-4H3/b13-10-,42-11+. The lowest BCUT2D eigenvalue weighted by Crippen LogP contribution is -2.21. The maximum absolute atomic E-state index is 5.24. The van der Waals surface area contributed by atoms with Gasteiger partial charge in [-0.15, -0.1) is 0 Å². The molecule has 0 radical (unpaired) electrons. The van der Waals surface area contributed by atoms with Crippen LogP contribution in [-0.4, -0.2) is 34.9 Å². The lowest BCUT2D eigenvalue weighted by Gasteiger charge is -2.28. The molecule has 288 valence electrons.